The number of nitrogens with zero attached hydrogens (tertiary/aromatic N) is 2. The van der Waals surface area contributed by atoms with E-state index >= 15 is 0 Å². The molecule has 3 rings (SSSR count). The van der Waals surface area contributed by atoms with Gasteiger partial charge in [-0.15, -0.1) is 5.10 Å². The van der Waals surface area contributed by atoms with E-state index in [2.05, 4.69) is 20.5 Å². The van der Waals surface area contributed by atoms with Crippen LogP contribution in [0, 0.1) is 5.82 Å². The Bertz CT molecular complexity index is 641. The number of hydrogen-bond donors (Lipinski definition) is 2. The topological polar surface area (TPSA) is 79.9 Å². The van der Waals surface area contributed by atoms with Crippen molar-refractivity contribution in [1.82, 2.24) is 15.2 Å². The SMILES string of the molecule is O=C(CSc1n[nH]c([C@@H]2CCCO2)n1)Nc1ccc(F)cc1. The molecule has 0 radical (unpaired) electrons. The maximum absolute atomic E-state index is 12.8. The largest absolute Gasteiger partial charge is 0.370 e. The van der Waals surface area contributed by atoms with Gasteiger partial charge in [-0.05, 0) is 37.1 Å². The number of ether oxygens (including phenoxy) is 1. The van der Waals surface area contributed by atoms with Crippen LogP contribution in [0.3, 0.4) is 0 Å². The van der Waals surface area contributed by atoms with Gasteiger partial charge in [0, 0.05) is 12.3 Å². The lowest BCUT2D eigenvalue weighted by molar-refractivity contribution is -0.113. The highest BCUT2D eigenvalue weighted by molar-refractivity contribution is 7.99. The second-order valence-electron chi connectivity index (χ2n) is 4.85. The van der Waals surface area contributed by atoms with Crippen LogP contribution in [0.25, 0.3) is 0 Å². The van der Waals surface area contributed by atoms with Crippen molar-refractivity contribution in [2.75, 3.05) is 17.7 Å². The number of nitrogens with one attached hydrogen (secondary N) is 2. The van der Waals surface area contributed by atoms with Gasteiger partial charge in [-0.1, -0.05) is 11.8 Å². The highest BCUT2D eigenvalue weighted by Gasteiger charge is 2.21. The summed E-state index contributed by atoms with van der Waals surface area (Å²) in [6.45, 7) is 0.744. The van der Waals surface area contributed by atoms with Crippen LogP contribution in [-0.2, 0) is 9.53 Å². The van der Waals surface area contributed by atoms with Crippen LogP contribution in [0.5, 0.6) is 0 Å². The van der Waals surface area contributed by atoms with Gasteiger partial charge in [0.05, 0.1) is 5.75 Å². The lowest BCUT2D eigenvalue weighted by atomic mass is 10.2. The number of aromatic amines is 1. The van der Waals surface area contributed by atoms with E-state index < -0.39 is 0 Å². The zero-order chi connectivity index (χ0) is 15.4. The van der Waals surface area contributed by atoms with Gasteiger partial charge in [0.1, 0.15) is 11.9 Å². The number of anilines is 1. The van der Waals surface area contributed by atoms with Crippen molar-refractivity contribution < 1.29 is 13.9 Å². The second kappa shape index (κ2) is 6.89. The summed E-state index contributed by atoms with van der Waals surface area (Å²) in [7, 11) is 0. The summed E-state index contributed by atoms with van der Waals surface area (Å²) in [6, 6.07) is 5.62. The molecule has 1 aromatic heterocycles. The van der Waals surface area contributed by atoms with E-state index in [-0.39, 0.29) is 23.6 Å². The molecule has 6 nitrogen and oxygen atoms in total. The van der Waals surface area contributed by atoms with E-state index in [1.807, 2.05) is 0 Å². The third-order valence-electron chi connectivity index (χ3n) is 3.18. The van der Waals surface area contributed by atoms with Gasteiger partial charge in [-0.25, -0.2) is 9.37 Å². The third kappa shape index (κ3) is 3.83. The van der Waals surface area contributed by atoms with Crippen molar-refractivity contribution in [2.24, 2.45) is 0 Å². The first kappa shape index (κ1) is 15.0. The number of rotatable bonds is 5. The van der Waals surface area contributed by atoms with Crippen LogP contribution < -0.4 is 5.32 Å². The Morgan fingerprint density at radius 1 is 1.45 bits per heavy atom. The van der Waals surface area contributed by atoms with E-state index in [9.17, 15) is 9.18 Å². The molecule has 8 heteroatoms. The minimum absolute atomic E-state index is 0.0186. The number of halogens is 1. The summed E-state index contributed by atoms with van der Waals surface area (Å²) in [5, 5.41) is 10.1. The molecule has 0 spiro atoms. The minimum Gasteiger partial charge on any atom is -0.370 e. The van der Waals surface area contributed by atoms with Gasteiger partial charge in [0.25, 0.3) is 0 Å². The summed E-state index contributed by atoms with van der Waals surface area (Å²) in [4.78, 5) is 16.1. The van der Waals surface area contributed by atoms with Gasteiger partial charge < -0.3 is 10.1 Å². The Hall–Kier alpha value is -1.93. The number of thioether (sulfide) groups is 1. The molecule has 0 saturated carbocycles. The summed E-state index contributed by atoms with van der Waals surface area (Å²) >= 11 is 1.24. The van der Waals surface area contributed by atoms with Crippen molar-refractivity contribution >= 4 is 23.4 Å². The van der Waals surface area contributed by atoms with Gasteiger partial charge in [0.15, 0.2) is 5.82 Å². The highest BCUT2D eigenvalue weighted by atomic mass is 32.2. The number of benzene rings is 1. The number of aromatic nitrogens is 3. The predicted octanol–water partition coefficient (Wildman–Crippen LogP) is 2.53. The first-order valence-electron chi connectivity index (χ1n) is 6.93. The molecule has 1 amide bonds. The lowest BCUT2D eigenvalue weighted by Gasteiger charge is -2.04. The molecule has 1 saturated heterocycles. The van der Waals surface area contributed by atoms with E-state index in [0.29, 0.717) is 16.7 Å². The fourth-order valence-electron chi connectivity index (χ4n) is 2.12. The second-order valence-corrected chi connectivity index (χ2v) is 5.79. The standard InChI is InChI=1S/C14H15FN4O2S/c15-9-3-5-10(6-4-9)16-12(20)8-22-14-17-13(18-19-14)11-2-1-7-21-11/h3-6,11H,1-2,7-8H2,(H,16,20)(H,17,18,19)/t11-/m0/s1. The molecular weight excluding hydrogens is 307 g/mol. The number of carbonyl (C=O) groups is 1. The fraction of sp³-hybridized carbons (Fsp3) is 0.357. The van der Waals surface area contributed by atoms with Gasteiger partial charge in [0.2, 0.25) is 11.1 Å². The van der Waals surface area contributed by atoms with Crippen LogP contribution in [0.1, 0.15) is 24.8 Å². The van der Waals surface area contributed by atoms with Gasteiger partial charge in [-0.2, -0.15) is 0 Å². The average Bonchev–Trinajstić information content (AvgIpc) is 3.18. The number of hydrogen-bond acceptors (Lipinski definition) is 5. The molecule has 1 aliphatic rings. The zero-order valence-electron chi connectivity index (χ0n) is 11.7. The van der Waals surface area contributed by atoms with Crippen molar-refractivity contribution in [2.45, 2.75) is 24.1 Å². The van der Waals surface area contributed by atoms with Crippen LogP contribution in [-0.4, -0.2) is 33.4 Å². The van der Waals surface area contributed by atoms with Crippen LogP contribution in [0.2, 0.25) is 0 Å². The van der Waals surface area contributed by atoms with Crippen molar-refractivity contribution in [3.63, 3.8) is 0 Å². The van der Waals surface area contributed by atoms with Gasteiger partial charge in [-0.3, -0.25) is 9.89 Å². The fourth-order valence-corrected chi connectivity index (χ4v) is 2.73. The summed E-state index contributed by atoms with van der Waals surface area (Å²) in [6.07, 6.45) is 1.94. The first-order valence-corrected chi connectivity index (χ1v) is 7.91. The molecule has 1 fully saturated rings. The Labute approximate surface area is 130 Å². The molecule has 22 heavy (non-hydrogen) atoms. The summed E-state index contributed by atoms with van der Waals surface area (Å²) < 4.78 is 18.3. The van der Waals surface area contributed by atoms with Crippen LogP contribution in [0.15, 0.2) is 29.4 Å². The molecule has 0 bridgehead atoms. The minimum atomic E-state index is -0.338. The zero-order valence-corrected chi connectivity index (χ0v) is 12.5. The molecule has 2 aromatic rings. The van der Waals surface area contributed by atoms with Gasteiger partial charge >= 0.3 is 0 Å². The molecule has 1 aliphatic heterocycles. The number of H-pyrrole nitrogens is 1. The van der Waals surface area contributed by atoms with Crippen LogP contribution in [0.4, 0.5) is 10.1 Å². The molecule has 116 valence electrons. The molecule has 0 aliphatic carbocycles. The van der Waals surface area contributed by atoms with Crippen molar-refractivity contribution in [1.29, 1.82) is 0 Å². The molecule has 2 heterocycles. The normalized spacial score (nSPS) is 17.6. The number of amides is 1. The van der Waals surface area contributed by atoms with E-state index in [1.165, 1.54) is 36.0 Å². The quantitative estimate of drug-likeness (QED) is 0.827. The summed E-state index contributed by atoms with van der Waals surface area (Å²) in [5.41, 5.74) is 0.557. The maximum Gasteiger partial charge on any atom is 0.234 e. The monoisotopic (exact) mass is 322 g/mol. The number of carbonyl (C=O) groups excluding carboxylic acids is 1. The first-order chi connectivity index (χ1) is 10.7. The van der Waals surface area contributed by atoms with Crippen molar-refractivity contribution in [3.05, 3.63) is 35.9 Å². The third-order valence-corrected chi connectivity index (χ3v) is 4.02. The molecule has 0 unspecified atom stereocenters. The Balaban J connectivity index is 1.49. The van der Waals surface area contributed by atoms with E-state index in [1.54, 1.807) is 0 Å². The maximum atomic E-state index is 12.8. The smallest absolute Gasteiger partial charge is 0.234 e. The predicted molar refractivity (Wildman–Crippen MR) is 80.1 cm³/mol. The van der Waals surface area contributed by atoms with Crippen molar-refractivity contribution in [3.8, 4) is 0 Å². The highest BCUT2D eigenvalue weighted by Crippen LogP contribution is 2.26. The summed E-state index contributed by atoms with van der Waals surface area (Å²) in [5.74, 6) is 0.356. The Morgan fingerprint density at radius 2 is 2.27 bits per heavy atom. The molecule has 1 aromatic carbocycles. The van der Waals surface area contributed by atoms with E-state index in [4.69, 9.17) is 4.74 Å². The lowest BCUT2D eigenvalue weighted by Crippen LogP contribution is -2.14. The molecular formula is C14H15FN4O2S. The van der Waals surface area contributed by atoms with Crippen LogP contribution >= 0.6 is 11.8 Å². The Morgan fingerprint density at radius 3 is 3.00 bits per heavy atom. The average molecular weight is 322 g/mol. The molecule has 2 N–H and O–H groups in total. The Kier molecular flexibility index (Phi) is 4.69. The molecule has 1 atom stereocenters. The van der Waals surface area contributed by atoms with E-state index in [0.717, 1.165) is 19.4 Å².